The van der Waals surface area contributed by atoms with E-state index in [9.17, 15) is 14.4 Å². The average Bonchev–Trinajstić information content (AvgIpc) is 3.23. The molecule has 3 amide bonds. The molecule has 3 N–H and O–H groups in total. The van der Waals surface area contributed by atoms with Gasteiger partial charge in [0.2, 0.25) is 11.8 Å². The van der Waals surface area contributed by atoms with Crippen LogP contribution in [0.3, 0.4) is 0 Å². The molecule has 2 heterocycles. The number of amides is 3. The van der Waals surface area contributed by atoms with Crippen LogP contribution in [0.1, 0.15) is 29.0 Å². The fraction of sp³-hybridized carbons (Fsp3) is 0.350. The van der Waals surface area contributed by atoms with Crippen LogP contribution >= 0.6 is 0 Å². The SMILES string of the molecule is NC(=O)C1CCN(C(=O)C(Cc2ccccc2)NC(=O)c2ccco2)CC1. The van der Waals surface area contributed by atoms with Crippen LogP contribution in [0.25, 0.3) is 0 Å². The van der Waals surface area contributed by atoms with Gasteiger partial charge in [-0.05, 0) is 30.5 Å². The largest absolute Gasteiger partial charge is 0.459 e. The number of likely N-dealkylation sites (tertiary alicyclic amines) is 1. The van der Waals surface area contributed by atoms with Crippen molar-refractivity contribution in [2.75, 3.05) is 13.1 Å². The van der Waals surface area contributed by atoms with Gasteiger partial charge in [-0.25, -0.2) is 0 Å². The van der Waals surface area contributed by atoms with Gasteiger partial charge in [0.1, 0.15) is 6.04 Å². The molecule has 1 atom stereocenters. The van der Waals surface area contributed by atoms with E-state index in [1.807, 2.05) is 30.3 Å². The number of nitrogens with one attached hydrogen (secondary N) is 1. The van der Waals surface area contributed by atoms with Gasteiger partial charge in [-0.2, -0.15) is 0 Å². The topological polar surface area (TPSA) is 106 Å². The highest BCUT2D eigenvalue weighted by atomic mass is 16.3. The summed E-state index contributed by atoms with van der Waals surface area (Å²) in [6.45, 7) is 0.905. The van der Waals surface area contributed by atoms with Crippen LogP contribution in [0, 0.1) is 5.92 Å². The lowest BCUT2D eigenvalue weighted by Crippen LogP contribution is -2.52. The Hall–Kier alpha value is -3.09. The Morgan fingerprint density at radius 3 is 2.41 bits per heavy atom. The normalized spacial score (nSPS) is 15.9. The maximum Gasteiger partial charge on any atom is 0.287 e. The van der Waals surface area contributed by atoms with E-state index >= 15 is 0 Å². The number of rotatable bonds is 6. The van der Waals surface area contributed by atoms with Gasteiger partial charge in [0.05, 0.1) is 6.26 Å². The van der Waals surface area contributed by atoms with Gasteiger partial charge in [0.25, 0.3) is 5.91 Å². The van der Waals surface area contributed by atoms with Gasteiger partial charge >= 0.3 is 0 Å². The second-order valence-corrected chi connectivity index (χ2v) is 6.70. The van der Waals surface area contributed by atoms with E-state index in [4.69, 9.17) is 10.2 Å². The van der Waals surface area contributed by atoms with E-state index < -0.39 is 11.9 Å². The van der Waals surface area contributed by atoms with Crippen LogP contribution < -0.4 is 11.1 Å². The van der Waals surface area contributed by atoms with E-state index in [1.165, 1.54) is 6.26 Å². The molecule has 7 heteroatoms. The summed E-state index contributed by atoms with van der Waals surface area (Å²) >= 11 is 0. The third-order valence-corrected chi connectivity index (χ3v) is 4.84. The van der Waals surface area contributed by atoms with Gasteiger partial charge in [-0.1, -0.05) is 30.3 Å². The van der Waals surface area contributed by atoms with E-state index in [-0.39, 0.29) is 23.5 Å². The van der Waals surface area contributed by atoms with E-state index in [2.05, 4.69) is 5.32 Å². The first kappa shape index (κ1) is 18.7. The highest BCUT2D eigenvalue weighted by Crippen LogP contribution is 2.18. The lowest BCUT2D eigenvalue weighted by molar-refractivity contribution is -0.136. The number of hydrogen-bond acceptors (Lipinski definition) is 4. The van der Waals surface area contributed by atoms with Gasteiger partial charge in [0.15, 0.2) is 5.76 Å². The van der Waals surface area contributed by atoms with Gasteiger partial charge in [0, 0.05) is 25.4 Å². The summed E-state index contributed by atoms with van der Waals surface area (Å²) in [6.07, 6.45) is 2.88. The molecule has 142 valence electrons. The second kappa shape index (κ2) is 8.53. The van der Waals surface area contributed by atoms with Crippen molar-refractivity contribution in [1.82, 2.24) is 10.2 Å². The molecule has 1 aliphatic heterocycles. The van der Waals surface area contributed by atoms with Crippen molar-refractivity contribution in [3.05, 3.63) is 60.1 Å². The van der Waals surface area contributed by atoms with Crippen molar-refractivity contribution in [2.24, 2.45) is 11.7 Å². The Bertz CT molecular complexity index is 781. The fourth-order valence-electron chi connectivity index (χ4n) is 3.29. The summed E-state index contributed by atoms with van der Waals surface area (Å²) in [5.41, 5.74) is 6.31. The summed E-state index contributed by atoms with van der Waals surface area (Å²) in [7, 11) is 0. The molecule has 1 fully saturated rings. The van der Waals surface area contributed by atoms with Crippen LogP contribution in [0.2, 0.25) is 0 Å². The molecular weight excluding hydrogens is 346 g/mol. The smallest absolute Gasteiger partial charge is 0.287 e. The minimum Gasteiger partial charge on any atom is -0.459 e. The van der Waals surface area contributed by atoms with Crippen LogP contribution in [0.4, 0.5) is 0 Å². The molecule has 0 radical (unpaired) electrons. The van der Waals surface area contributed by atoms with Crippen LogP contribution in [-0.2, 0) is 16.0 Å². The van der Waals surface area contributed by atoms with Crippen molar-refractivity contribution in [1.29, 1.82) is 0 Å². The first-order valence-electron chi connectivity index (χ1n) is 9.01. The molecule has 0 aliphatic carbocycles. The number of benzene rings is 1. The summed E-state index contributed by atoms with van der Waals surface area (Å²) < 4.78 is 5.12. The van der Waals surface area contributed by atoms with Gasteiger partial charge in [-0.15, -0.1) is 0 Å². The van der Waals surface area contributed by atoms with Crippen molar-refractivity contribution in [2.45, 2.75) is 25.3 Å². The summed E-state index contributed by atoms with van der Waals surface area (Å²) in [5, 5.41) is 2.78. The third-order valence-electron chi connectivity index (χ3n) is 4.84. The molecule has 1 aliphatic rings. The van der Waals surface area contributed by atoms with Crippen LogP contribution in [0.5, 0.6) is 0 Å². The van der Waals surface area contributed by atoms with Crippen LogP contribution in [0.15, 0.2) is 53.1 Å². The Kier molecular flexibility index (Phi) is 5.90. The molecule has 0 spiro atoms. The molecule has 2 aromatic rings. The molecule has 1 unspecified atom stereocenters. The van der Waals surface area contributed by atoms with Crippen molar-refractivity contribution in [3.63, 3.8) is 0 Å². The number of hydrogen-bond donors (Lipinski definition) is 2. The van der Waals surface area contributed by atoms with E-state index in [0.29, 0.717) is 32.4 Å². The number of furan rings is 1. The van der Waals surface area contributed by atoms with Gasteiger partial charge < -0.3 is 20.4 Å². The lowest BCUT2D eigenvalue weighted by atomic mass is 9.95. The highest BCUT2D eigenvalue weighted by molar-refractivity contribution is 5.95. The number of piperidine rings is 1. The predicted octanol–water partition coefficient (Wildman–Crippen LogP) is 1.34. The highest BCUT2D eigenvalue weighted by Gasteiger charge is 2.31. The third kappa shape index (κ3) is 4.75. The monoisotopic (exact) mass is 369 g/mol. The summed E-state index contributed by atoms with van der Waals surface area (Å²) in [4.78, 5) is 38.5. The summed E-state index contributed by atoms with van der Waals surface area (Å²) in [5.74, 6) is -0.954. The predicted molar refractivity (Wildman–Crippen MR) is 98.6 cm³/mol. The molecule has 3 rings (SSSR count). The lowest BCUT2D eigenvalue weighted by Gasteiger charge is -2.33. The number of carbonyl (C=O) groups excluding carboxylic acids is 3. The van der Waals surface area contributed by atoms with Crippen molar-refractivity contribution < 1.29 is 18.8 Å². The quantitative estimate of drug-likeness (QED) is 0.801. The molecule has 27 heavy (non-hydrogen) atoms. The zero-order chi connectivity index (χ0) is 19.2. The minimum absolute atomic E-state index is 0.160. The Morgan fingerprint density at radius 2 is 1.81 bits per heavy atom. The Morgan fingerprint density at radius 1 is 1.11 bits per heavy atom. The molecule has 0 bridgehead atoms. The Balaban J connectivity index is 1.71. The fourth-order valence-corrected chi connectivity index (χ4v) is 3.29. The Labute approximate surface area is 157 Å². The minimum atomic E-state index is -0.713. The van der Waals surface area contributed by atoms with Gasteiger partial charge in [-0.3, -0.25) is 14.4 Å². The van der Waals surface area contributed by atoms with E-state index in [1.54, 1.807) is 17.0 Å². The number of carbonyl (C=O) groups is 3. The van der Waals surface area contributed by atoms with Crippen molar-refractivity contribution in [3.8, 4) is 0 Å². The van der Waals surface area contributed by atoms with Crippen molar-refractivity contribution >= 4 is 17.7 Å². The zero-order valence-electron chi connectivity index (χ0n) is 15.0. The molecular formula is C20H23N3O4. The summed E-state index contributed by atoms with van der Waals surface area (Å²) in [6, 6.07) is 12.0. The first-order chi connectivity index (χ1) is 13.0. The molecule has 1 aromatic heterocycles. The van der Waals surface area contributed by atoms with E-state index in [0.717, 1.165) is 5.56 Å². The zero-order valence-corrected chi connectivity index (χ0v) is 15.0. The second-order valence-electron chi connectivity index (χ2n) is 6.70. The molecule has 0 saturated carbocycles. The number of primary amides is 1. The first-order valence-corrected chi connectivity index (χ1v) is 9.01. The molecule has 7 nitrogen and oxygen atoms in total. The molecule has 1 aromatic carbocycles. The molecule has 1 saturated heterocycles. The standard InChI is InChI=1S/C20H23N3O4/c21-18(24)15-8-10-23(11-9-15)20(26)16(13-14-5-2-1-3-6-14)22-19(25)17-7-4-12-27-17/h1-7,12,15-16H,8-11,13H2,(H2,21,24)(H,22,25). The number of nitrogens with two attached hydrogens (primary N) is 1. The van der Waals surface area contributed by atoms with Crippen LogP contribution in [-0.4, -0.2) is 41.8 Å². The number of nitrogens with zero attached hydrogens (tertiary/aromatic N) is 1. The maximum atomic E-state index is 13.0. The maximum absolute atomic E-state index is 13.0. The average molecular weight is 369 g/mol.